The van der Waals surface area contributed by atoms with E-state index in [-0.39, 0.29) is 11.9 Å². The maximum Gasteiger partial charge on any atom is 0.254 e. The summed E-state index contributed by atoms with van der Waals surface area (Å²) in [6.07, 6.45) is 0.945. The normalized spacial score (nSPS) is 12.6. The van der Waals surface area contributed by atoms with Crippen LogP contribution in [0.25, 0.3) is 0 Å². The van der Waals surface area contributed by atoms with Crippen molar-refractivity contribution in [3.05, 3.63) is 28.5 Å². The molecule has 18 heavy (non-hydrogen) atoms. The highest BCUT2D eigenvalue weighted by Crippen LogP contribution is 2.15. The first-order valence-corrected chi connectivity index (χ1v) is 5.86. The number of carbonyl (C=O) groups excluding carboxylic acids is 1. The first-order valence-electron chi connectivity index (χ1n) is 5.48. The van der Waals surface area contributed by atoms with Crippen molar-refractivity contribution in [2.75, 3.05) is 14.2 Å². The Labute approximate surface area is 111 Å². The van der Waals surface area contributed by atoms with Crippen molar-refractivity contribution >= 4 is 17.5 Å². The van der Waals surface area contributed by atoms with E-state index in [4.69, 9.17) is 21.1 Å². The number of carbonyl (C=O) groups is 1. The second-order valence-electron chi connectivity index (χ2n) is 3.91. The van der Waals surface area contributed by atoms with Crippen LogP contribution in [0.2, 0.25) is 5.02 Å². The molecule has 0 fully saturated rings. The van der Waals surface area contributed by atoms with E-state index in [1.54, 1.807) is 13.0 Å². The molecule has 0 aromatic carbocycles. The summed E-state index contributed by atoms with van der Waals surface area (Å²) in [5.74, 6) is -0.306. The lowest BCUT2D eigenvalue weighted by Crippen LogP contribution is -2.43. The van der Waals surface area contributed by atoms with Crippen LogP contribution in [0, 0.1) is 6.92 Å². The predicted octanol–water partition coefficient (Wildman–Crippen LogP) is 1.78. The molecular weight excluding hydrogens is 256 g/mol. The van der Waals surface area contributed by atoms with E-state index in [0.717, 1.165) is 5.69 Å². The van der Waals surface area contributed by atoms with Gasteiger partial charge in [-0.2, -0.15) is 0 Å². The summed E-state index contributed by atoms with van der Waals surface area (Å²) in [6, 6.07) is 1.34. The zero-order valence-electron chi connectivity index (χ0n) is 10.9. The fourth-order valence-electron chi connectivity index (χ4n) is 1.55. The van der Waals surface area contributed by atoms with Gasteiger partial charge in [-0.1, -0.05) is 11.6 Å². The third-order valence-corrected chi connectivity index (χ3v) is 2.78. The SMILES string of the molecule is COC(OC)C(C)NC(=O)c1cnc(C)cc1Cl. The maximum atomic E-state index is 12.0. The molecule has 0 aliphatic carbocycles. The minimum Gasteiger partial charge on any atom is -0.354 e. The molecule has 0 saturated heterocycles. The van der Waals surface area contributed by atoms with Crippen LogP contribution < -0.4 is 5.32 Å². The van der Waals surface area contributed by atoms with Crippen LogP contribution in [0.15, 0.2) is 12.3 Å². The number of pyridine rings is 1. The van der Waals surface area contributed by atoms with Crippen molar-refractivity contribution in [2.24, 2.45) is 0 Å². The van der Waals surface area contributed by atoms with Crippen LogP contribution in [0.1, 0.15) is 23.0 Å². The van der Waals surface area contributed by atoms with Gasteiger partial charge >= 0.3 is 0 Å². The Morgan fingerprint density at radius 3 is 2.56 bits per heavy atom. The number of ether oxygens (including phenoxy) is 2. The molecule has 5 nitrogen and oxygen atoms in total. The summed E-state index contributed by atoms with van der Waals surface area (Å²) in [6.45, 7) is 3.59. The van der Waals surface area contributed by atoms with Crippen molar-refractivity contribution in [1.29, 1.82) is 0 Å². The molecule has 0 saturated carbocycles. The molecule has 100 valence electrons. The number of nitrogens with zero attached hydrogens (tertiary/aromatic N) is 1. The van der Waals surface area contributed by atoms with E-state index in [9.17, 15) is 4.79 Å². The minimum atomic E-state index is -0.508. The molecule has 1 rings (SSSR count). The molecule has 1 heterocycles. The fraction of sp³-hybridized carbons (Fsp3) is 0.500. The van der Waals surface area contributed by atoms with Gasteiger partial charge in [-0.15, -0.1) is 0 Å². The molecule has 1 aromatic heterocycles. The first kappa shape index (κ1) is 14.9. The summed E-state index contributed by atoms with van der Waals surface area (Å²) in [5.41, 5.74) is 1.09. The molecule has 0 aliphatic rings. The monoisotopic (exact) mass is 272 g/mol. The van der Waals surface area contributed by atoms with Crippen LogP contribution >= 0.6 is 11.6 Å². The number of hydrogen-bond donors (Lipinski definition) is 1. The highest BCUT2D eigenvalue weighted by molar-refractivity contribution is 6.33. The standard InChI is InChI=1S/C12H17ClN2O3/c1-7-5-10(13)9(6-14-7)11(16)15-8(2)12(17-3)18-4/h5-6,8,12H,1-4H3,(H,15,16). The number of nitrogens with one attached hydrogen (secondary N) is 1. The van der Waals surface area contributed by atoms with Gasteiger partial charge in [0.15, 0.2) is 6.29 Å². The number of amides is 1. The Hall–Kier alpha value is -1.17. The Morgan fingerprint density at radius 2 is 2.06 bits per heavy atom. The van der Waals surface area contributed by atoms with Gasteiger partial charge in [-0.25, -0.2) is 0 Å². The summed E-state index contributed by atoms with van der Waals surface area (Å²) in [4.78, 5) is 16.0. The summed E-state index contributed by atoms with van der Waals surface area (Å²) in [7, 11) is 3.02. The number of rotatable bonds is 5. The Morgan fingerprint density at radius 1 is 1.44 bits per heavy atom. The Kier molecular flexibility index (Phi) is 5.53. The highest BCUT2D eigenvalue weighted by Gasteiger charge is 2.20. The van der Waals surface area contributed by atoms with Crippen LogP contribution in [0.5, 0.6) is 0 Å². The van der Waals surface area contributed by atoms with Gasteiger partial charge in [0, 0.05) is 26.1 Å². The van der Waals surface area contributed by atoms with Crippen molar-refractivity contribution in [3.8, 4) is 0 Å². The summed E-state index contributed by atoms with van der Waals surface area (Å²) >= 11 is 5.99. The van der Waals surface area contributed by atoms with E-state index in [1.807, 2.05) is 6.92 Å². The van der Waals surface area contributed by atoms with Crippen LogP contribution in [-0.4, -0.2) is 37.4 Å². The topological polar surface area (TPSA) is 60.5 Å². The Bertz CT molecular complexity index is 422. The van der Waals surface area contributed by atoms with Crippen molar-refractivity contribution < 1.29 is 14.3 Å². The molecule has 0 aliphatic heterocycles. The lowest BCUT2D eigenvalue weighted by Gasteiger charge is -2.22. The quantitative estimate of drug-likeness (QED) is 0.830. The summed E-state index contributed by atoms with van der Waals surface area (Å²) < 4.78 is 10.1. The molecular formula is C12H17ClN2O3. The maximum absolute atomic E-state index is 12.0. The molecule has 0 spiro atoms. The van der Waals surface area contributed by atoms with Crippen molar-refractivity contribution in [2.45, 2.75) is 26.2 Å². The van der Waals surface area contributed by atoms with E-state index in [2.05, 4.69) is 10.3 Å². The lowest BCUT2D eigenvalue weighted by molar-refractivity contribution is -0.117. The van der Waals surface area contributed by atoms with Gasteiger partial charge in [0.25, 0.3) is 5.91 Å². The van der Waals surface area contributed by atoms with Gasteiger partial charge in [-0.05, 0) is 19.9 Å². The second kappa shape index (κ2) is 6.68. The first-order chi connectivity index (χ1) is 8.49. The number of halogens is 1. The van der Waals surface area contributed by atoms with Gasteiger partial charge < -0.3 is 14.8 Å². The van der Waals surface area contributed by atoms with Crippen LogP contribution in [0.4, 0.5) is 0 Å². The molecule has 1 unspecified atom stereocenters. The van der Waals surface area contributed by atoms with Gasteiger partial charge in [-0.3, -0.25) is 9.78 Å². The van der Waals surface area contributed by atoms with Gasteiger partial charge in [0.1, 0.15) is 0 Å². The minimum absolute atomic E-state index is 0.301. The Balaban J connectivity index is 2.76. The molecule has 1 N–H and O–H groups in total. The van der Waals surface area contributed by atoms with E-state index in [1.165, 1.54) is 20.4 Å². The molecule has 1 aromatic rings. The predicted molar refractivity (Wildman–Crippen MR) is 68.7 cm³/mol. The third kappa shape index (κ3) is 3.66. The smallest absolute Gasteiger partial charge is 0.254 e. The molecule has 1 atom stereocenters. The summed E-state index contributed by atoms with van der Waals surface area (Å²) in [5, 5.41) is 3.12. The van der Waals surface area contributed by atoms with Gasteiger partial charge in [0.2, 0.25) is 0 Å². The van der Waals surface area contributed by atoms with E-state index < -0.39 is 6.29 Å². The van der Waals surface area contributed by atoms with Crippen LogP contribution in [-0.2, 0) is 9.47 Å². The molecule has 0 radical (unpaired) electrons. The van der Waals surface area contributed by atoms with Gasteiger partial charge in [0.05, 0.1) is 16.6 Å². The number of aromatic nitrogens is 1. The lowest BCUT2D eigenvalue weighted by atomic mass is 10.2. The zero-order chi connectivity index (χ0) is 13.7. The average molecular weight is 273 g/mol. The number of methoxy groups -OCH3 is 2. The molecule has 1 amide bonds. The van der Waals surface area contributed by atoms with E-state index >= 15 is 0 Å². The number of aryl methyl sites for hydroxylation is 1. The third-order valence-electron chi connectivity index (χ3n) is 2.47. The van der Waals surface area contributed by atoms with Crippen LogP contribution in [0.3, 0.4) is 0 Å². The molecule has 6 heteroatoms. The fourth-order valence-corrected chi connectivity index (χ4v) is 1.84. The van der Waals surface area contributed by atoms with Crippen molar-refractivity contribution in [3.63, 3.8) is 0 Å². The van der Waals surface area contributed by atoms with E-state index in [0.29, 0.717) is 10.6 Å². The second-order valence-corrected chi connectivity index (χ2v) is 4.31. The number of hydrogen-bond acceptors (Lipinski definition) is 4. The van der Waals surface area contributed by atoms with Crippen molar-refractivity contribution in [1.82, 2.24) is 10.3 Å². The highest BCUT2D eigenvalue weighted by atomic mass is 35.5. The molecule has 0 bridgehead atoms. The largest absolute Gasteiger partial charge is 0.354 e. The zero-order valence-corrected chi connectivity index (χ0v) is 11.6. The average Bonchev–Trinajstić information content (AvgIpc) is 2.30.